The molecular weight excluding hydrogens is 216 g/mol. The molecule has 17 heavy (non-hydrogen) atoms. The number of carbonyl (C=O) groups is 1. The lowest BCUT2D eigenvalue weighted by molar-refractivity contribution is -0.118. The fourth-order valence-corrected chi connectivity index (χ4v) is 2.06. The van der Waals surface area contributed by atoms with Gasteiger partial charge in [0.2, 0.25) is 5.91 Å². The Balaban J connectivity index is 2.04. The Morgan fingerprint density at radius 3 is 3.00 bits per heavy atom. The van der Waals surface area contributed by atoms with Crippen molar-refractivity contribution < 1.29 is 9.90 Å². The fraction of sp³-hybridized carbons (Fsp3) is 0.462. The van der Waals surface area contributed by atoms with Gasteiger partial charge in [0.05, 0.1) is 11.7 Å². The number of hydrogen-bond acceptors (Lipinski definition) is 3. The molecular formula is C13H18N2O2. The highest BCUT2D eigenvalue weighted by atomic mass is 16.3. The molecule has 0 spiro atoms. The SMILES string of the molecule is Cc1cccc(NC(=O)C2CCCCN2)c1O. The van der Waals surface area contributed by atoms with Crippen LogP contribution in [0.3, 0.4) is 0 Å². The summed E-state index contributed by atoms with van der Waals surface area (Å²) in [6, 6.07) is 5.20. The van der Waals surface area contributed by atoms with E-state index in [1.807, 2.05) is 19.1 Å². The molecule has 1 unspecified atom stereocenters. The fourth-order valence-electron chi connectivity index (χ4n) is 2.06. The first-order valence-electron chi connectivity index (χ1n) is 6.01. The van der Waals surface area contributed by atoms with Crippen LogP contribution in [0.25, 0.3) is 0 Å². The van der Waals surface area contributed by atoms with Gasteiger partial charge in [-0.3, -0.25) is 4.79 Å². The van der Waals surface area contributed by atoms with E-state index in [2.05, 4.69) is 10.6 Å². The second-order valence-electron chi connectivity index (χ2n) is 4.46. The molecule has 1 aromatic carbocycles. The normalized spacial score (nSPS) is 19.9. The van der Waals surface area contributed by atoms with Crippen molar-refractivity contribution in [2.75, 3.05) is 11.9 Å². The van der Waals surface area contributed by atoms with Crippen LogP contribution in [0.2, 0.25) is 0 Å². The first kappa shape index (κ1) is 11.9. The number of nitrogens with one attached hydrogen (secondary N) is 2. The van der Waals surface area contributed by atoms with Gasteiger partial charge < -0.3 is 15.7 Å². The number of hydrogen-bond donors (Lipinski definition) is 3. The summed E-state index contributed by atoms with van der Waals surface area (Å²) >= 11 is 0. The Hall–Kier alpha value is -1.55. The molecule has 1 fully saturated rings. The van der Waals surface area contributed by atoms with Gasteiger partial charge in [-0.15, -0.1) is 0 Å². The number of piperidine rings is 1. The van der Waals surface area contributed by atoms with E-state index in [0.717, 1.165) is 31.4 Å². The highest BCUT2D eigenvalue weighted by Gasteiger charge is 2.21. The maximum Gasteiger partial charge on any atom is 0.241 e. The monoisotopic (exact) mass is 234 g/mol. The quantitative estimate of drug-likeness (QED) is 0.684. The van der Waals surface area contributed by atoms with E-state index < -0.39 is 0 Å². The average molecular weight is 234 g/mol. The number of benzene rings is 1. The molecule has 92 valence electrons. The summed E-state index contributed by atoms with van der Waals surface area (Å²) in [6.07, 6.45) is 3.06. The molecule has 0 saturated carbocycles. The summed E-state index contributed by atoms with van der Waals surface area (Å²) in [5.41, 5.74) is 1.25. The van der Waals surface area contributed by atoms with Crippen LogP contribution in [0.15, 0.2) is 18.2 Å². The Morgan fingerprint density at radius 1 is 1.47 bits per heavy atom. The summed E-state index contributed by atoms with van der Waals surface area (Å²) in [5, 5.41) is 15.8. The minimum Gasteiger partial charge on any atom is -0.505 e. The molecule has 3 N–H and O–H groups in total. The summed E-state index contributed by atoms with van der Waals surface area (Å²) in [4.78, 5) is 11.9. The summed E-state index contributed by atoms with van der Waals surface area (Å²) in [7, 11) is 0. The minimum atomic E-state index is -0.135. The van der Waals surface area contributed by atoms with Crippen molar-refractivity contribution in [2.45, 2.75) is 32.2 Å². The third kappa shape index (κ3) is 2.77. The first-order valence-corrected chi connectivity index (χ1v) is 6.01. The number of anilines is 1. The van der Waals surface area contributed by atoms with E-state index in [0.29, 0.717) is 5.69 Å². The number of carbonyl (C=O) groups excluding carboxylic acids is 1. The summed E-state index contributed by atoms with van der Waals surface area (Å²) < 4.78 is 0. The molecule has 1 heterocycles. The van der Waals surface area contributed by atoms with Crippen LogP contribution in [0.4, 0.5) is 5.69 Å². The van der Waals surface area contributed by atoms with E-state index in [1.165, 1.54) is 0 Å². The number of aryl methyl sites for hydroxylation is 1. The Kier molecular flexibility index (Phi) is 3.64. The number of phenols is 1. The highest BCUT2D eigenvalue weighted by Crippen LogP contribution is 2.26. The van der Waals surface area contributed by atoms with Gasteiger partial charge in [0.1, 0.15) is 5.75 Å². The summed E-state index contributed by atoms with van der Waals surface area (Å²) in [6.45, 7) is 2.70. The van der Waals surface area contributed by atoms with Crippen molar-refractivity contribution in [3.05, 3.63) is 23.8 Å². The molecule has 0 radical (unpaired) electrons. The number of aromatic hydroxyl groups is 1. The second-order valence-corrected chi connectivity index (χ2v) is 4.46. The molecule has 2 rings (SSSR count). The maximum absolute atomic E-state index is 11.9. The zero-order valence-electron chi connectivity index (χ0n) is 9.99. The second kappa shape index (κ2) is 5.19. The molecule has 1 atom stereocenters. The van der Waals surface area contributed by atoms with Crippen molar-refractivity contribution in [1.82, 2.24) is 5.32 Å². The summed E-state index contributed by atoms with van der Waals surface area (Å²) in [5.74, 6) is 0.0854. The number of rotatable bonds is 2. The van der Waals surface area contributed by atoms with Crippen molar-refractivity contribution in [3.63, 3.8) is 0 Å². The molecule has 0 aromatic heterocycles. The zero-order chi connectivity index (χ0) is 12.3. The van der Waals surface area contributed by atoms with Gasteiger partial charge in [-0.2, -0.15) is 0 Å². The highest BCUT2D eigenvalue weighted by molar-refractivity contribution is 5.96. The van der Waals surface area contributed by atoms with Gasteiger partial charge in [-0.1, -0.05) is 18.6 Å². The molecule has 1 aliphatic rings. The lowest BCUT2D eigenvalue weighted by atomic mass is 10.0. The van der Waals surface area contributed by atoms with Crippen LogP contribution in [0.5, 0.6) is 5.75 Å². The minimum absolute atomic E-state index is 0.0643. The predicted molar refractivity (Wildman–Crippen MR) is 67.1 cm³/mol. The van der Waals surface area contributed by atoms with Gasteiger partial charge in [0.15, 0.2) is 0 Å². The lowest BCUT2D eigenvalue weighted by Gasteiger charge is -2.22. The molecule has 1 aliphatic heterocycles. The third-order valence-electron chi connectivity index (χ3n) is 3.12. The lowest BCUT2D eigenvalue weighted by Crippen LogP contribution is -2.43. The number of para-hydroxylation sites is 1. The zero-order valence-corrected chi connectivity index (χ0v) is 9.99. The van der Waals surface area contributed by atoms with Crippen molar-refractivity contribution in [1.29, 1.82) is 0 Å². The molecule has 1 saturated heterocycles. The molecule has 4 nitrogen and oxygen atoms in total. The topological polar surface area (TPSA) is 61.4 Å². The van der Waals surface area contributed by atoms with Crippen molar-refractivity contribution >= 4 is 11.6 Å². The van der Waals surface area contributed by atoms with E-state index in [1.54, 1.807) is 6.07 Å². The van der Waals surface area contributed by atoms with Crippen molar-refractivity contribution in [3.8, 4) is 5.75 Å². The van der Waals surface area contributed by atoms with Crippen LogP contribution in [-0.2, 0) is 4.79 Å². The third-order valence-corrected chi connectivity index (χ3v) is 3.12. The molecule has 1 amide bonds. The number of phenolic OH excluding ortho intramolecular Hbond substituents is 1. The average Bonchev–Trinajstić information content (AvgIpc) is 2.36. The maximum atomic E-state index is 11.9. The van der Waals surface area contributed by atoms with Crippen LogP contribution in [-0.4, -0.2) is 23.6 Å². The molecule has 0 bridgehead atoms. The van der Waals surface area contributed by atoms with Gasteiger partial charge in [0.25, 0.3) is 0 Å². The van der Waals surface area contributed by atoms with E-state index in [9.17, 15) is 9.90 Å². The van der Waals surface area contributed by atoms with Crippen LogP contribution in [0.1, 0.15) is 24.8 Å². The van der Waals surface area contributed by atoms with Crippen LogP contribution >= 0.6 is 0 Å². The Labute approximate surface area is 101 Å². The van der Waals surface area contributed by atoms with Gasteiger partial charge in [0, 0.05) is 0 Å². The van der Waals surface area contributed by atoms with E-state index in [4.69, 9.17) is 0 Å². The predicted octanol–water partition coefficient (Wildman–Crippen LogP) is 1.78. The first-order chi connectivity index (χ1) is 8.18. The standard InChI is InChI=1S/C13H18N2O2/c1-9-5-4-7-10(12(9)16)15-13(17)11-6-2-3-8-14-11/h4-5,7,11,14,16H,2-3,6,8H2,1H3,(H,15,17). The smallest absolute Gasteiger partial charge is 0.241 e. The van der Waals surface area contributed by atoms with Gasteiger partial charge in [-0.25, -0.2) is 0 Å². The van der Waals surface area contributed by atoms with Gasteiger partial charge in [-0.05, 0) is 37.9 Å². The van der Waals surface area contributed by atoms with Crippen LogP contribution in [0, 0.1) is 6.92 Å². The van der Waals surface area contributed by atoms with Gasteiger partial charge >= 0.3 is 0 Å². The van der Waals surface area contributed by atoms with E-state index in [-0.39, 0.29) is 17.7 Å². The Bertz CT molecular complexity index is 412. The molecule has 1 aromatic rings. The van der Waals surface area contributed by atoms with E-state index >= 15 is 0 Å². The molecule has 4 heteroatoms. The molecule has 0 aliphatic carbocycles. The largest absolute Gasteiger partial charge is 0.505 e. The van der Waals surface area contributed by atoms with Crippen LogP contribution < -0.4 is 10.6 Å². The van der Waals surface area contributed by atoms with Crippen molar-refractivity contribution in [2.24, 2.45) is 0 Å². The Morgan fingerprint density at radius 2 is 2.29 bits per heavy atom. The number of amides is 1.